The minimum absolute atomic E-state index is 0. The van der Waals surface area contributed by atoms with E-state index in [2.05, 4.69) is 10.3 Å². The van der Waals surface area contributed by atoms with Crippen LogP contribution in [0.25, 0.3) is 0 Å². The Balaban J connectivity index is 0.00000240. The zero-order valence-corrected chi connectivity index (χ0v) is 18.8. The minimum Gasteiger partial charge on any atom is -0.497 e. The number of aliphatic hydroxyl groups excluding tert-OH is 1. The van der Waals surface area contributed by atoms with Crippen LogP contribution in [-0.2, 0) is 17.8 Å². The lowest BCUT2D eigenvalue weighted by Crippen LogP contribution is -2.43. The molecule has 0 radical (unpaired) electrons. The Labute approximate surface area is 194 Å². The minimum atomic E-state index is -0.841. The first-order chi connectivity index (χ1) is 14.0. The van der Waals surface area contributed by atoms with Crippen molar-refractivity contribution in [2.45, 2.75) is 25.1 Å². The molecule has 4 N–H and O–H groups in total. The van der Waals surface area contributed by atoms with Crippen LogP contribution in [0.1, 0.15) is 22.9 Å². The SMILES string of the molecule is COc1cccc(C(O)CNC(=O)[C@@H](N)Cc2cn(Cc3ccccc3)cn2)c1.Cl.Cl. The Kier molecular flexibility index (Phi) is 11.1. The van der Waals surface area contributed by atoms with Gasteiger partial charge in [-0.15, -0.1) is 24.8 Å². The normalized spacial score (nSPS) is 12.1. The molecule has 0 saturated carbocycles. The lowest BCUT2D eigenvalue weighted by molar-refractivity contribution is -0.122. The van der Waals surface area contributed by atoms with Crippen LogP contribution < -0.4 is 15.8 Å². The van der Waals surface area contributed by atoms with Gasteiger partial charge in [0.2, 0.25) is 5.91 Å². The van der Waals surface area contributed by atoms with Gasteiger partial charge in [0.25, 0.3) is 0 Å². The molecule has 0 saturated heterocycles. The first-order valence-electron chi connectivity index (χ1n) is 9.45. The van der Waals surface area contributed by atoms with Gasteiger partial charge in [-0.1, -0.05) is 42.5 Å². The van der Waals surface area contributed by atoms with Gasteiger partial charge in [-0.3, -0.25) is 4.79 Å². The van der Waals surface area contributed by atoms with Gasteiger partial charge in [0, 0.05) is 25.7 Å². The molecule has 0 spiro atoms. The molecule has 1 unspecified atom stereocenters. The number of rotatable bonds is 9. The number of nitrogens with zero attached hydrogens (tertiary/aromatic N) is 2. The Hall–Kier alpha value is -2.58. The summed E-state index contributed by atoms with van der Waals surface area (Å²) in [5.41, 5.74) is 8.60. The number of aliphatic hydroxyl groups is 1. The quantitative estimate of drug-likeness (QED) is 0.449. The highest BCUT2D eigenvalue weighted by molar-refractivity contribution is 5.85. The number of ether oxygens (including phenoxy) is 1. The maximum absolute atomic E-state index is 12.3. The van der Waals surface area contributed by atoms with Gasteiger partial charge in [0.1, 0.15) is 5.75 Å². The number of nitrogens with one attached hydrogen (secondary N) is 1. The number of carbonyl (C=O) groups is 1. The van der Waals surface area contributed by atoms with Gasteiger partial charge in [-0.2, -0.15) is 0 Å². The molecule has 168 valence electrons. The number of hydrogen-bond acceptors (Lipinski definition) is 5. The van der Waals surface area contributed by atoms with Gasteiger partial charge in [0.15, 0.2) is 0 Å². The number of nitrogens with two attached hydrogens (primary N) is 1. The third-order valence-electron chi connectivity index (χ3n) is 4.61. The molecule has 9 heteroatoms. The molecule has 0 aliphatic carbocycles. The average molecular weight is 467 g/mol. The van der Waals surface area contributed by atoms with E-state index in [4.69, 9.17) is 10.5 Å². The summed E-state index contributed by atoms with van der Waals surface area (Å²) in [6, 6.07) is 16.4. The number of benzene rings is 2. The van der Waals surface area contributed by atoms with Crippen LogP contribution in [-0.4, -0.2) is 40.3 Å². The van der Waals surface area contributed by atoms with Crippen LogP contribution >= 0.6 is 24.8 Å². The van der Waals surface area contributed by atoms with E-state index >= 15 is 0 Å². The maximum atomic E-state index is 12.3. The fraction of sp³-hybridized carbons (Fsp3) is 0.273. The van der Waals surface area contributed by atoms with Crippen molar-refractivity contribution in [2.75, 3.05) is 13.7 Å². The van der Waals surface area contributed by atoms with Crippen LogP contribution in [0.2, 0.25) is 0 Å². The molecule has 0 fully saturated rings. The second-order valence-corrected chi connectivity index (χ2v) is 6.87. The topological polar surface area (TPSA) is 102 Å². The molecular weight excluding hydrogens is 439 g/mol. The molecule has 1 aromatic heterocycles. The summed E-state index contributed by atoms with van der Waals surface area (Å²) in [6.07, 6.45) is 3.11. The number of halogens is 2. The number of methoxy groups -OCH3 is 1. The Morgan fingerprint density at radius 3 is 2.65 bits per heavy atom. The fourth-order valence-electron chi connectivity index (χ4n) is 3.01. The van der Waals surface area contributed by atoms with Crippen molar-refractivity contribution >= 4 is 30.7 Å². The van der Waals surface area contributed by atoms with Gasteiger partial charge in [-0.25, -0.2) is 4.98 Å². The summed E-state index contributed by atoms with van der Waals surface area (Å²) in [5.74, 6) is 0.320. The Morgan fingerprint density at radius 2 is 1.94 bits per heavy atom. The molecule has 7 nitrogen and oxygen atoms in total. The van der Waals surface area contributed by atoms with Crippen LogP contribution in [0.4, 0.5) is 0 Å². The lowest BCUT2D eigenvalue weighted by Gasteiger charge is -2.15. The first kappa shape index (κ1) is 26.5. The van der Waals surface area contributed by atoms with E-state index in [1.54, 1.807) is 37.7 Å². The maximum Gasteiger partial charge on any atom is 0.237 e. The third-order valence-corrected chi connectivity index (χ3v) is 4.61. The lowest BCUT2D eigenvalue weighted by atomic mass is 10.1. The molecular formula is C22H28Cl2N4O3. The second-order valence-electron chi connectivity index (χ2n) is 6.87. The Morgan fingerprint density at radius 1 is 1.19 bits per heavy atom. The zero-order chi connectivity index (χ0) is 20.6. The average Bonchev–Trinajstić information content (AvgIpc) is 3.19. The third kappa shape index (κ3) is 7.88. The largest absolute Gasteiger partial charge is 0.497 e. The van der Waals surface area contributed by atoms with Crippen LogP contribution in [0.15, 0.2) is 67.1 Å². The smallest absolute Gasteiger partial charge is 0.237 e. The van der Waals surface area contributed by atoms with Crippen molar-refractivity contribution in [1.29, 1.82) is 0 Å². The van der Waals surface area contributed by atoms with E-state index in [0.29, 0.717) is 24.3 Å². The van der Waals surface area contributed by atoms with E-state index in [1.165, 1.54) is 5.56 Å². The van der Waals surface area contributed by atoms with Crippen molar-refractivity contribution in [3.8, 4) is 5.75 Å². The number of imidazole rings is 1. The highest BCUT2D eigenvalue weighted by atomic mass is 35.5. The molecule has 2 aromatic carbocycles. The monoisotopic (exact) mass is 466 g/mol. The van der Waals surface area contributed by atoms with Crippen molar-refractivity contribution in [3.63, 3.8) is 0 Å². The van der Waals surface area contributed by atoms with Crippen molar-refractivity contribution < 1.29 is 14.6 Å². The Bertz CT molecular complexity index is 937. The van der Waals surface area contributed by atoms with E-state index < -0.39 is 12.1 Å². The number of carbonyl (C=O) groups excluding carboxylic acids is 1. The van der Waals surface area contributed by atoms with Gasteiger partial charge in [-0.05, 0) is 23.3 Å². The van der Waals surface area contributed by atoms with Gasteiger partial charge >= 0.3 is 0 Å². The molecule has 0 aliphatic heterocycles. The van der Waals surface area contributed by atoms with Crippen molar-refractivity contribution in [1.82, 2.24) is 14.9 Å². The molecule has 1 amide bonds. The van der Waals surface area contributed by atoms with Gasteiger partial charge < -0.3 is 25.5 Å². The van der Waals surface area contributed by atoms with Crippen molar-refractivity contribution in [3.05, 3.63) is 83.9 Å². The number of amides is 1. The summed E-state index contributed by atoms with van der Waals surface area (Å²) in [7, 11) is 1.56. The fourth-order valence-corrected chi connectivity index (χ4v) is 3.01. The molecule has 0 bridgehead atoms. The summed E-state index contributed by atoms with van der Waals surface area (Å²) in [5, 5.41) is 13.0. The van der Waals surface area contributed by atoms with Crippen LogP contribution in [0.5, 0.6) is 5.75 Å². The van der Waals surface area contributed by atoms with E-state index in [1.807, 2.05) is 41.1 Å². The number of hydrogen-bond donors (Lipinski definition) is 3. The highest BCUT2D eigenvalue weighted by Crippen LogP contribution is 2.18. The van der Waals surface area contributed by atoms with Crippen LogP contribution in [0, 0.1) is 0 Å². The van der Waals surface area contributed by atoms with E-state index in [9.17, 15) is 9.90 Å². The zero-order valence-electron chi connectivity index (χ0n) is 17.2. The highest BCUT2D eigenvalue weighted by Gasteiger charge is 2.17. The summed E-state index contributed by atoms with van der Waals surface area (Å²) < 4.78 is 7.11. The molecule has 3 rings (SSSR count). The standard InChI is InChI=1S/C22H26N4O3.2ClH/c1-29-19-9-5-8-17(10-19)21(27)12-24-22(28)20(23)11-18-14-26(15-25-18)13-16-6-3-2-4-7-16;;/h2-10,14-15,20-21,27H,11-13,23H2,1H3,(H,24,28);2*1H/t20-,21?;;/m0../s1. The molecule has 3 aromatic rings. The summed E-state index contributed by atoms with van der Waals surface area (Å²) in [4.78, 5) is 16.6. The second kappa shape index (κ2) is 13.0. The molecule has 31 heavy (non-hydrogen) atoms. The number of aromatic nitrogens is 2. The first-order valence-corrected chi connectivity index (χ1v) is 9.45. The van der Waals surface area contributed by atoms with Crippen LogP contribution in [0.3, 0.4) is 0 Å². The molecule has 1 heterocycles. The molecule has 2 atom stereocenters. The van der Waals surface area contributed by atoms with E-state index in [0.717, 1.165) is 5.69 Å². The van der Waals surface area contributed by atoms with E-state index in [-0.39, 0.29) is 37.3 Å². The predicted molar refractivity (Wildman–Crippen MR) is 125 cm³/mol. The molecule has 0 aliphatic rings. The van der Waals surface area contributed by atoms with Gasteiger partial charge in [0.05, 0.1) is 31.3 Å². The summed E-state index contributed by atoms with van der Waals surface area (Å²) in [6.45, 7) is 0.782. The van der Waals surface area contributed by atoms with Crippen molar-refractivity contribution in [2.24, 2.45) is 5.73 Å². The predicted octanol–water partition coefficient (Wildman–Crippen LogP) is 2.50. The summed E-state index contributed by atoms with van der Waals surface area (Å²) >= 11 is 0.